The Bertz CT molecular complexity index is 1590. The van der Waals surface area contributed by atoms with Crippen LogP contribution >= 0.6 is 0 Å². The number of carbonyl (C=O) groups is 2. The average molecular weight is 577 g/mol. The van der Waals surface area contributed by atoms with Crippen LogP contribution in [0.2, 0.25) is 0 Å². The molecular weight excluding hydrogens is 543 g/mol. The van der Waals surface area contributed by atoms with Crippen LogP contribution in [0.5, 0.6) is 17.4 Å². The maximum atomic E-state index is 15.2. The first kappa shape index (κ1) is 28.7. The lowest BCUT2D eigenvalue weighted by atomic mass is 10.1. The van der Waals surface area contributed by atoms with E-state index in [-0.39, 0.29) is 29.3 Å². The molecule has 0 saturated carbocycles. The molecule has 1 aliphatic rings. The first-order valence-corrected chi connectivity index (χ1v) is 13.7. The molecule has 0 atom stereocenters. The van der Waals surface area contributed by atoms with Gasteiger partial charge in [0.15, 0.2) is 0 Å². The van der Waals surface area contributed by atoms with Crippen LogP contribution in [0.1, 0.15) is 25.7 Å². The summed E-state index contributed by atoms with van der Waals surface area (Å²) in [5, 5.41) is 10.6. The highest BCUT2D eigenvalue weighted by Crippen LogP contribution is 2.34. The number of ether oxygens (including phenoxy) is 2. The number of hydrogen-bond donors (Lipinski definition) is 2. The molecule has 2 amide bonds. The van der Waals surface area contributed by atoms with Crippen LogP contribution in [0, 0.1) is 5.82 Å². The van der Waals surface area contributed by atoms with Crippen molar-refractivity contribution in [3.8, 4) is 17.4 Å². The number of likely N-dealkylation sites (tertiary alicyclic amines) is 1. The predicted molar refractivity (Wildman–Crippen MR) is 156 cm³/mol. The number of rotatable bonds is 10. The van der Waals surface area contributed by atoms with Crippen molar-refractivity contribution in [2.45, 2.75) is 25.7 Å². The van der Waals surface area contributed by atoms with E-state index in [0.29, 0.717) is 54.1 Å². The number of amides is 2. The SMILES string of the molecule is COc1cc2ncnc(Nc3ccc(Oc4ccn(C(=O)N5CCCC5)n4)cc3F)c2cc1NC(=O)CCCN(C)C. The van der Waals surface area contributed by atoms with Crippen LogP contribution < -0.4 is 20.1 Å². The number of anilines is 3. The Balaban J connectivity index is 1.31. The first-order valence-electron chi connectivity index (χ1n) is 13.7. The van der Waals surface area contributed by atoms with E-state index in [1.54, 1.807) is 29.2 Å². The van der Waals surface area contributed by atoms with E-state index in [1.807, 2.05) is 19.0 Å². The Kier molecular flexibility index (Phi) is 8.77. The zero-order chi connectivity index (χ0) is 29.6. The van der Waals surface area contributed by atoms with Gasteiger partial charge >= 0.3 is 6.03 Å². The number of benzene rings is 2. The highest BCUT2D eigenvalue weighted by molar-refractivity contribution is 5.99. The van der Waals surface area contributed by atoms with Gasteiger partial charge in [0, 0.05) is 49.3 Å². The Morgan fingerprint density at radius 3 is 2.62 bits per heavy atom. The molecule has 12 nitrogen and oxygen atoms in total. The van der Waals surface area contributed by atoms with Crippen molar-refractivity contribution in [3.63, 3.8) is 0 Å². The molecule has 5 rings (SSSR count). The van der Waals surface area contributed by atoms with E-state index < -0.39 is 5.82 Å². The minimum atomic E-state index is -0.588. The molecule has 3 heterocycles. The lowest BCUT2D eigenvalue weighted by Gasteiger charge is -2.15. The standard InChI is InChI=1S/C29H33FN8O4/c1-36(2)11-6-7-26(39)33-24-16-20-23(17-25(24)41-3)31-18-32-28(20)34-22-9-8-19(15-21(22)30)42-27-10-14-38(35-27)29(40)37-12-4-5-13-37/h8-10,14-18H,4-7,11-13H2,1-3H3,(H,33,39)(H,31,32,34). The molecule has 42 heavy (non-hydrogen) atoms. The van der Waals surface area contributed by atoms with Gasteiger partial charge in [-0.2, -0.15) is 4.68 Å². The number of fused-ring (bicyclic) bond motifs is 1. The van der Waals surface area contributed by atoms with Crippen molar-refractivity contribution in [2.24, 2.45) is 0 Å². The van der Waals surface area contributed by atoms with E-state index in [9.17, 15) is 9.59 Å². The largest absolute Gasteiger partial charge is 0.494 e. The number of hydrogen-bond acceptors (Lipinski definition) is 9. The third-order valence-electron chi connectivity index (χ3n) is 6.79. The zero-order valence-corrected chi connectivity index (χ0v) is 23.8. The summed E-state index contributed by atoms with van der Waals surface area (Å²) >= 11 is 0. The molecule has 1 fully saturated rings. The molecule has 1 aliphatic heterocycles. The highest BCUT2D eigenvalue weighted by Gasteiger charge is 2.21. The van der Waals surface area contributed by atoms with Gasteiger partial charge < -0.3 is 29.9 Å². The van der Waals surface area contributed by atoms with Crippen molar-refractivity contribution in [1.82, 2.24) is 29.5 Å². The van der Waals surface area contributed by atoms with Gasteiger partial charge in [-0.05, 0) is 58.1 Å². The zero-order valence-electron chi connectivity index (χ0n) is 23.8. The first-order chi connectivity index (χ1) is 20.3. The molecule has 2 aromatic heterocycles. The van der Waals surface area contributed by atoms with Crippen LogP contribution in [0.4, 0.5) is 26.4 Å². The minimum absolute atomic E-state index is 0.146. The molecule has 13 heteroatoms. The monoisotopic (exact) mass is 576 g/mol. The fourth-order valence-corrected chi connectivity index (χ4v) is 4.65. The third-order valence-corrected chi connectivity index (χ3v) is 6.79. The van der Waals surface area contributed by atoms with Crippen molar-refractivity contribution in [3.05, 3.63) is 54.7 Å². The van der Waals surface area contributed by atoms with Gasteiger partial charge in [-0.3, -0.25) is 4.79 Å². The second-order valence-corrected chi connectivity index (χ2v) is 10.2. The van der Waals surface area contributed by atoms with E-state index >= 15 is 4.39 Å². The summed E-state index contributed by atoms with van der Waals surface area (Å²) in [6, 6.07) is 9.05. The molecule has 220 valence electrons. The molecule has 0 bridgehead atoms. The number of carbonyl (C=O) groups excluding carboxylic acids is 2. The van der Waals surface area contributed by atoms with Crippen molar-refractivity contribution in [1.29, 1.82) is 0 Å². The second kappa shape index (κ2) is 12.8. The summed E-state index contributed by atoms with van der Waals surface area (Å²) in [6.07, 6.45) is 5.90. The van der Waals surface area contributed by atoms with Gasteiger partial charge in [0.05, 0.1) is 24.0 Å². The smallest absolute Gasteiger partial charge is 0.344 e. The fraction of sp³-hybridized carbons (Fsp3) is 0.345. The summed E-state index contributed by atoms with van der Waals surface area (Å²) in [4.78, 5) is 37.4. The number of methoxy groups -OCH3 is 1. The van der Waals surface area contributed by atoms with Gasteiger partial charge in [0.2, 0.25) is 11.8 Å². The summed E-state index contributed by atoms with van der Waals surface area (Å²) in [5.41, 5.74) is 1.17. The van der Waals surface area contributed by atoms with Crippen LogP contribution in [0.15, 0.2) is 48.9 Å². The van der Waals surface area contributed by atoms with Crippen LogP contribution in [-0.2, 0) is 4.79 Å². The Morgan fingerprint density at radius 1 is 1.07 bits per heavy atom. The molecule has 2 N–H and O–H groups in total. The molecule has 0 aliphatic carbocycles. The lowest BCUT2D eigenvalue weighted by molar-refractivity contribution is -0.116. The Hall–Kier alpha value is -4.78. The summed E-state index contributed by atoms with van der Waals surface area (Å²) in [6.45, 7) is 2.20. The maximum Gasteiger partial charge on any atom is 0.344 e. The number of nitrogens with one attached hydrogen (secondary N) is 2. The molecule has 0 spiro atoms. The Morgan fingerprint density at radius 2 is 1.88 bits per heavy atom. The van der Waals surface area contributed by atoms with Crippen LogP contribution in [0.25, 0.3) is 10.9 Å². The third kappa shape index (κ3) is 6.74. The normalized spacial score (nSPS) is 13.0. The predicted octanol–water partition coefficient (Wildman–Crippen LogP) is 4.85. The van der Waals surface area contributed by atoms with Crippen LogP contribution in [0.3, 0.4) is 0 Å². The van der Waals surface area contributed by atoms with E-state index in [4.69, 9.17) is 9.47 Å². The Labute approximate surface area is 242 Å². The fourth-order valence-electron chi connectivity index (χ4n) is 4.65. The summed E-state index contributed by atoms with van der Waals surface area (Å²) in [7, 11) is 5.42. The average Bonchev–Trinajstić information content (AvgIpc) is 3.67. The number of nitrogens with zero attached hydrogens (tertiary/aromatic N) is 6. The topological polar surface area (TPSA) is 127 Å². The quantitative estimate of drug-likeness (QED) is 0.272. The van der Waals surface area contributed by atoms with Gasteiger partial charge in [0.1, 0.15) is 29.5 Å². The van der Waals surface area contributed by atoms with Crippen LogP contribution in [-0.4, -0.2) is 82.3 Å². The molecular formula is C29H33FN8O4. The van der Waals surface area contributed by atoms with E-state index in [2.05, 4.69) is 25.7 Å². The molecule has 1 saturated heterocycles. The molecule has 0 radical (unpaired) electrons. The van der Waals surface area contributed by atoms with E-state index in [0.717, 1.165) is 19.4 Å². The second-order valence-electron chi connectivity index (χ2n) is 10.2. The number of aromatic nitrogens is 4. The lowest BCUT2D eigenvalue weighted by Crippen LogP contribution is -2.32. The minimum Gasteiger partial charge on any atom is -0.494 e. The van der Waals surface area contributed by atoms with Crippen molar-refractivity contribution < 1.29 is 23.5 Å². The maximum absolute atomic E-state index is 15.2. The summed E-state index contributed by atoms with van der Waals surface area (Å²) < 4.78 is 27.6. The van der Waals surface area contributed by atoms with Gasteiger partial charge in [-0.15, -0.1) is 5.10 Å². The van der Waals surface area contributed by atoms with E-state index in [1.165, 1.54) is 36.4 Å². The summed E-state index contributed by atoms with van der Waals surface area (Å²) in [5.74, 6) is 0.452. The molecule has 4 aromatic rings. The molecule has 0 unspecified atom stereocenters. The number of halogens is 1. The highest BCUT2D eigenvalue weighted by atomic mass is 19.1. The van der Waals surface area contributed by atoms with Crippen molar-refractivity contribution >= 4 is 40.0 Å². The molecule has 2 aromatic carbocycles. The van der Waals surface area contributed by atoms with Crippen molar-refractivity contribution in [2.75, 3.05) is 51.5 Å². The van der Waals surface area contributed by atoms with Gasteiger partial charge in [-0.1, -0.05) is 0 Å². The van der Waals surface area contributed by atoms with Gasteiger partial charge in [0.25, 0.3) is 0 Å². The van der Waals surface area contributed by atoms with Gasteiger partial charge in [-0.25, -0.2) is 19.2 Å².